The lowest BCUT2D eigenvalue weighted by atomic mass is 10.1. The van der Waals surface area contributed by atoms with Gasteiger partial charge in [0.15, 0.2) is 0 Å². The molecule has 0 saturated heterocycles. The number of carbonyl (C=O) groups is 1. The lowest BCUT2D eigenvalue weighted by Crippen LogP contribution is -3.11. The predicted octanol–water partition coefficient (Wildman–Crippen LogP) is 1.52. The van der Waals surface area contributed by atoms with Crippen LogP contribution in [0.3, 0.4) is 0 Å². The van der Waals surface area contributed by atoms with Crippen LogP contribution >= 0.6 is 0 Å². The summed E-state index contributed by atoms with van der Waals surface area (Å²) in [5.41, 5.74) is 1.56. The third kappa shape index (κ3) is 7.18. The molecule has 0 fully saturated rings. The first-order valence-electron chi connectivity index (χ1n) is 10.6. The summed E-state index contributed by atoms with van der Waals surface area (Å²) < 4.78 is 10.2. The fraction of sp³-hybridized carbons (Fsp3) is 0.545. The number of benzene rings is 1. The second-order valence-corrected chi connectivity index (χ2v) is 7.41. The van der Waals surface area contributed by atoms with Gasteiger partial charge in [-0.15, -0.1) is 0 Å². The van der Waals surface area contributed by atoms with Crippen LogP contribution in [0.1, 0.15) is 46.1 Å². The van der Waals surface area contributed by atoms with E-state index >= 15 is 0 Å². The van der Waals surface area contributed by atoms with Gasteiger partial charge in [-0.2, -0.15) is 0 Å². The summed E-state index contributed by atoms with van der Waals surface area (Å²) in [6.07, 6.45) is 1.82. The average Bonchev–Trinajstić information content (AvgIpc) is 2.69. The van der Waals surface area contributed by atoms with Crippen molar-refractivity contribution in [3.63, 3.8) is 0 Å². The maximum Gasteiger partial charge on any atom is 0.411 e. The van der Waals surface area contributed by atoms with Gasteiger partial charge in [0.2, 0.25) is 0 Å². The van der Waals surface area contributed by atoms with Crippen molar-refractivity contribution in [2.45, 2.75) is 53.1 Å². The summed E-state index contributed by atoms with van der Waals surface area (Å²) >= 11 is 0. The minimum atomic E-state index is -0.529. The van der Waals surface area contributed by atoms with E-state index in [0.29, 0.717) is 30.5 Å². The van der Waals surface area contributed by atoms with E-state index < -0.39 is 6.09 Å². The van der Waals surface area contributed by atoms with Crippen molar-refractivity contribution in [2.75, 3.05) is 31.6 Å². The smallest absolute Gasteiger partial charge is 0.411 e. The molecular weight excluding hydrogens is 370 g/mol. The van der Waals surface area contributed by atoms with E-state index in [2.05, 4.69) is 31.4 Å². The molecule has 0 aliphatic rings. The zero-order valence-electron chi connectivity index (χ0n) is 18.0. The Balaban J connectivity index is 2.01. The van der Waals surface area contributed by atoms with Crippen LogP contribution in [0.25, 0.3) is 11.0 Å². The number of nitrogens with one attached hydrogen (secondary N) is 2. The van der Waals surface area contributed by atoms with Crippen molar-refractivity contribution in [1.29, 1.82) is 0 Å². The molecule has 7 nitrogen and oxygen atoms in total. The summed E-state index contributed by atoms with van der Waals surface area (Å²) in [5, 5.41) is 5.79. The van der Waals surface area contributed by atoms with Crippen LogP contribution in [0.4, 0.5) is 10.5 Å². The third-order valence-corrected chi connectivity index (χ3v) is 5.28. The molecule has 0 bridgehead atoms. The number of nitrogens with two attached hydrogens (primary N) is 1. The number of anilines is 1. The van der Waals surface area contributed by atoms with Crippen molar-refractivity contribution in [3.05, 3.63) is 40.2 Å². The van der Waals surface area contributed by atoms with Crippen molar-refractivity contribution in [1.82, 2.24) is 0 Å². The predicted molar refractivity (Wildman–Crippen MR) is 114 cm³/mol. The summed E-state index contributed by atoms with van der Waals surface area (Å²) in [4.78, 5) is 25.2. The van der Waals surface area contributed by atoms with Gasteiger partial charge in [0.1, 0.15) is 12.1 Å². The van der Waals surface area contributed by atoms with E-state index in [-0.39, 0.29) is 5.63 Å². The molecule has 1 aromatic heterocycles. The number of fused-ring (bicyclic) bond motifs is 1. The Morgan fingerprint density at radius 3 is 2.69 bits per heavy atom. The van der Waals surface area contributed by atoms with Gasteiger partial charge in [-0.25, -0.2) is 9.59 Å². The van der Waals surface area contributed by atoms with E-state index in [4.69, 9.17) is 9.15 Å². The second kappa shape index (κ2) is 11.6. The van der Waals surface area contributed by atoms with Gasteiger partial charge < -0.3 is 19.4 Å². The van der Waals surface area contributed by atoms with E-state index in [1.807, 2.05) is 6.07 Å². The fourth-order valence-electron chi connectivity index (χ4n) is 3.49. The van der Waals surface area contributed by atoms with E-state index in [9.17, 15) is 9.59 Å². The lowest BCUT2D eigenvalue weighted by Gasteiger charge is -2.16. The zero-order chi connectivity index (χ0) is 21.2. The molecule has 160 valence electrons. The van der Waals surface area contributed by atoms with Crippen LogP contribution in [0.5, 0.6) is 0 Å². The van der Waals surface area contributed by atoms with Crippen LogP contribution in [0, 0.1) is 0 Å². The highest BCUT2D eigenvalue weighted by Crippen LogP contribution is 2.21. The highest BCUT2D eigenvalue weighted by Gasteiger charge is 2.13. The molecule has 29 heavy (non-hydrogen) atoms. The molecule has 1 atom stereocenters. The first kappa shape index (κ1) is 22.9. The highest BCUT2D eigenvalue weighted by atomic mass is 16.5. The maximum atomic E-state index is 12.0. The van der Waals surface area contributed by atoms with Crippen LogP contribution in [-0.2, 0) is 11.3 Å². The Labute approximate surface area is 172 Å². The molecule has 4 N–H and O–H groups in total. The third-order valence-electron chi connectivity index (χ3n) is 5.28. The van der Waals surface area contributed by atoms with Crippen molar-refractivity contribution < 1.29 is 24.2 Å². The fourth-order valence-corrected chi connectivity index (χ4v) is 3.49. The van der Waals surface area contributed by atoms with Gasteiger partial charge in [-0.1, -0.05) is 0 Å². The van der Waals surface area contributed by atoms with Crippen LogP contribution in [-0.4, -0.2) is 38.4 Å². The normalized spacial score (nSPS) is 12.3. The molecule has 0 aliphatic heterocycles. The molecule has 2 aromatic rings. The number of quaternary nitrogens is 2. The Kier molecular flexibility index (Phi) is 9.15. The Hall–Kier alpha value is -2.38. The molecule has 2 rings (SSSR count). The maximum absolute atomic E-state index is 12.0. The summed E-state index contributed by atoms with van der Waals surface area (Å²) in [6.45, 7) is 13.0. The molecule has 0 radical (unpaired) electrons. The Bertz CT molecular complexity index is 846. The average molecular weight is 406 g/mol. The zero-order valence-corrected chi connectivity index (χ0v) is 18.0. The quantitative estimate of drug-likeness (QED) is 0.495. The first-order chi connectivity index (χ1) is 14.0. The van der Waals surface area contributed by atoms with Crippen molar-refractivity contribution >= 4 is 22.7 Å². The number of rotatable bonds is 11. The van der Waals surface area contributed by atoms with E-state index in [1.165, 1.54) is 26.1 Å². The molecule has 0 aliphatic carbocycles. The summed E-state index contributed by atoms with van der Waals surface area (Å²) in [5.74, 6) is 0. The van der Waals surface area contributed by atoms with Crippen molar-refractivity contribution in [2.24, 2.45) is 0 Å². The highest BCUT2D eigenvalue weighted by molar-refractivity contribution is 5.89. The standard InChI is InChI=1S/C22H33N3O4/c1-5-25(6-2)12-8-9-16(4)23-15-17-13-21(26)29-20-14-18(10-11-19(17)20)24-22(27)28-7-3/h10-11,13-14,16,23H,5-9,12,15H2,1-4H3,(H,24,27)/p+2/t16-/m1/s1. The second-order valence-electron chi connectivity index (χ2n) is 7.41. The monoisotopic (exact) mass is 405 g/mol. The van der Waals surface area contributed by atoms with Crippen LogP contribution < -0.4 is 21.2 Å². The molecule has 1 heterocycles. The molecule has 1 aromatic carbocycles. The van der Waals surface area contributed by atoms with Gasteiger partial charge >= 0.3 is 11.7 Å². The number of amides is 1. The Morgan fingerprint density at radius 2 is 2.00 bits per heavy atom. The lowest BCUT2D eigenvalue weighted by molar-refractivity contribution is -0.896. The van der Waals surface area contributed by atoms with Crippen LogP contribution in [0.2, 0.25) is 0 Å². The molecule has 0 saturated carbocycles. The number of hydrogen-bond acceptors (Lipinski definition) is 4. The van der Waals surface area contributed by atoms with Gasteiger partial charge in [0.05, 0.1) is 32.3 Å². The van der Waals surface area contributed by atoms with Gasteiger partial charge in [-0.05, 0) is 39.8 Å². The minimum Gasteiger partial charge on any atom is -0.450 e. The van der Waals surface area contributed by atoms with Gasteiger partial charge in [-0.3, -0.25) is 5.32 Å². The minimum absolute atomic E-state index is 0.295. The molecule has 1 amide bonds. The molecular formula is C22H35N3O4+2. The number of carbonyl (C=O) groups excluding carboxylic acids is 1. The first-order valence-corrected chi connectivity index (χ1v) is 10.6. The Morgan fingerprint density at radius 1 is 1.24 bits per heavy atom. The van der Waals surface area contributed by atoms with Crippen molar-refractivity contribution in [3.8, 4) is 0 Å². The number of ether oxygens (including phenoxy) is 1. The van der Waals surface area contributed by atoms with Crippen LogP contribution in [0.15, 0.2) is 33.5 Å². The van der Waals surface area contributed by atoms with E-state index in [1.54, 1.807) is 30.0 Å². The topological polar surface area (TPSA) is 89.6 Å². The number of hydrogen-bond donors (Lipinski definition) is 3. The summed E-state index contributed by atoms with van der Waals surface area (Å²) in [6, 6.07) is 7.37. The molecule has 0 unspecified atom stereocenters. The SMILES string of the molecule is CCOC(=O)Nc1ccc2c(C[NH2+][C@H](C)CCC[NH+](CC)CC)cc(=O)oc2c1. The molecule has 0 spiro atoms. The molecule has 7 heteroatoms. The van der Waals surface area contributed by atoms with Gasteiger partial charge in [0, 0.05) is 41.6 Å². The van der Waals surface area contributed by atoms with Gasteiger partial charge in [0.25, 0.3) is 0 Å². The largest absolute Gasteiger partial charge is 0.450 e. The van der Waals surface area contributed by atoms with E-state index in [0.717, 1.165) is 17.4 Å². The summed E-state index contributed by atoms with van der Waals surface area (Å²) in [7, 11) is 0.